The van der Waals surface area contributed by atoms with Gasteiger partial charge in [-0.3, -0.25) is 14.5 Å². The monoisotopic (exact) mass is 325 g/mol. The molecule has 0 unspecified atom stereocenters. The van der Waals surface area contributed by atoms with Crippen molar-refractivity contribution in [3.05, 3.63) is 0 Å². The number of piperazine rings is 1. The number of rotatable bonds is 5. The van der Waals surface area contributed by atoms with Crippen LogP contribution in [0.3, 0.4) is 0 Å². The Balaban J connectivity index is 1.95. The Morgan fingerprint density at radius 2 is 1.74 bits per heavy atom. The number of amides is 2. The number of nitrogens with zero attached hydrogens (tertiary/aromatic N) is 2. The smallest absolute Gasteiger partial charge is 0.248 e. The number of aliphatic hydroxyl groups is 1. The molecule has 2 rings (SSSR count). The first-order valence-electron chi connectivity index (χ1n) is 8.95. The number of hydrogen-bond donors (Lipinski definition) is 2. The molecule has 2 aliphatic rings. The van der Waals surface area contributed by atoms with Gasteiger partial charge >= 0.3 is 0 Å². The van der Waals surface area contributed by atoms with Crippen molar-refractivity contribution >= 4 is 11.8 Å². The van der Waals surface area contributed by atoms with Crippen LogP contribution in [-0.4, -0.2) is 71.1 Å². The van der Waals surface area contributed by atoms with Crippen LogP contribution in [-0.2, 0) is 9.59 Å². The van der Waals surface area contributed by atoms with Gasteiger partial charge in [-0.15, -0.1) is 0 Å². The number of nitrogens with one attached hydrogen (secondary N) is 1. The molecule has 132 valence electrons. The fourth-order valence-corrected chi connectivity index (χ4v) is 3.75. The summed E-state index contributed by atoms with van der Waals surface area (Å²) in [6.45, 7) is 7.08. The van der Waals surface area contributed by atoms with Crippen molar-refractivity contribution in [2.75, 3.05) is 32.7 Å². The minimum absolute atomic E-state index is 0.0862. The summed E-state index contributed by atoms with van der Waals surface area (Å²) in [6.07, 6.45) is 5.09. The minimum Gasteiger partial charge on any atom is -0.392 e. The van der Waals surface area contributed by atoms with Gasteiger partial charge in [0.15, 0.2) is 0 Å². The van der Waals surface area contributed by atoms with Gasteiger partial charge in [-0.05, 0) is 19.3 Å². The molecule has 0 aromatic rings. The summed E-state index contributed by atoms with van der Waals surface area (Å²) in [5.74, 6) is -0.0342. The van der Waals surface area contributed by atoms with E-state index in [1.54, 1.807) is 0 Å². The fourth-order valence-electron chi connectivity index (χ4n) is 3.75. The van der Waals surface area contributed by atoms with Gasteiger partial charge in [0.05, 0.1) is 6.10 Å². The van der Waals surface area contributed by atoms with E-state index in [2.05, 4.69) is 10.2 Å². The van der Waals surface area contributed by atoms with Crippen molar-refractivity contribution in [3.63, 3.8) is 0 Å². The highest BCUT2D eigenvalue weighted by Gasteiger charge is 2.43. The Hall–Kier alpha value is -1.14. The summed E-state index contributed by atoms with van der Waals surface area (Å²) in [7, 11) is 0. The Morgan fingerprint density at radius 1 is 1.13 bits per heavy atom. The molecule has 2 N–H and O–H groups in total. The van der Waals surface area contributed by atoms with Crippen molar-refractivity contribution in [1.29, 1.82) is 0 Å². The Kier molecular flexibility index (Phi) is 6.41. The lowest BCUT2D eigenvalue weighted by Crippen LogP contribution is -2.63. The second-order valence-electron chi connectivity index (χ2n) is 6.98. The molecule has 1 aliphatic carbocycles. The molecule has 1 aliphatic heterocycles. The first-order valence-corrected chi connectivity index (χ1v) is 8.95. The fraction of sp³-hybridized carbons (Fsp3) is 0.882. The summed E-state index contributed by atoms with van der Waals surface area (Å²) in [6, 6.07) is 0. The van der Waals surface area contributed by atoms with Gasteiger partial charge < -0.3 is 15.3 Å². The summed E-state index contributed by atoms with van der Waals surface area (Å²) in [5.41, 5.74) is -0.685. The standard InChI is InChI=1S/C17H31N3O3/c1-3-15(22)13-19-9-11-20(12-10-19)16(23)17(18-14(2)21)7-5-4-6-8-17/h15,22H,3-13H2,1-2H3,(H,18,21)/t15-/m1/s1. The van der Waals surface area contributed by atoms with E-state index in [0.29, 0.717) is 19.6 Å². The minimum atomic E-state index is -0.685. The lowest BCUT2D eigenvalue weighted by Gasteiger charge is -2.43. The summed E-state index contributed by atoms with van der Waals surface area (Å²) in [4.78, 5) is 28.7. The van der Waals surface area contributed by atoms with E-state index in [-0.39, 0.29) is 17.9 Å². The van der Waals surface area contributed by atoms with E-state index in [4.69, 9.17) is 0 Å². The van der Waals surface area contributed by atoms with Gasteiger partial charge in [-0.25, -0.2) is 0 Å². The van der Waals surface area contributed by atoms with Gasteiger partial charge in [0.25, 0.3) is 0 Å². The van der Waals surface area contributed by atoms with Crippen LogP contribution in [0.1, 0.15) is 52.4 Å². The van der Waals surface area contributed by atoms with Crippen LogP contribution < -0.4 is 5.32 Å². The van der Waals surface area contributed by atoms with Gasteiger partial charge in [-0.2, -0.15) is 0 Å². The van der Waals surface area contributed by atoms with Crippen LogP contribution in [0.5, 0.6) is 0 Å². The molecular weight excluding hydrogens is 294 g/mol. The van der Waals surface area contributed by atoms with Crippen LogP contribution >= 0.6 is 0 Å². The van der Waals surface area contributed by atoms with E-state index < -0.39 is 5.54 Å². The highest BCUT2D eigenvalue weighted by atomic mass is 16.3. The lowest BCUT2D eigenvalue weighted by atomic mass is 9.80. The number of carbonyl (C=O) groups is 2. The molecule has 23 heavy (non-hydrogen) atoms. The Morgan fingerprint density at radius 3 is 2.26 bits per heavy atom. The van der Waals surface area contributed by atoms with Crippen molar-refractivity contribution < 1.29 is 14.7 Å². The largest absolute Gasteiger partial charge is 0.392 e. The molecule has 0 aromatic carbocycles. The number of β-amino-alcohol motifs (C(OH)–C–C–N with tert-alkyl or cyclic N) is 1. The van der Waals surface area contributed by atoms with Crippen molar-refractivity contribution in [1.82, 2.24) is 15.1 Å². The Bertz CT molecular complexity index is 413. The molecule has 2 amide bonds. The highest BCUT2D eigenvalue weighted by Crippen LogP contribution is 2.30. The zero-order chi connectivity index (χ0) is 16.9. The quantitative estimate of drug-likeness (QED) is 0.782. The molecular formula is C17H31N3O3. The predicted octanol–water partition coefficient (Wildman–Crippen LogP) is 0.740. The van der Waals surface area contributed by atoms with Gasteiger partial charge in [0, 0.05) is 39.6 Å². The molecule has 0 bridgehead atoms. The Labute approximate surface area is 139 Å². The molecule has 6 heteroatoms. The maximum Gasteiger partial charge on any atom is 0.248 e. The molecule has 0 spiro atoms. The molecule has 0 aromatic heterocycles. The number of carbonyl (C=O) groups excluding carboxylic acids is 2. The average molecular weight is 325 g/mol. The first kappa shape index (κ1) is 18.2. The summed E-state index contributed by atoms with van der Waals surface area (Å²) < 4.78 is 0. The maximum absolute atomic E-state index is 13.0. The maximum atomic E-state index is 13.0. The molecule has 6 nitrogen and oxygen atoms in total. The zero-order valence-corrected chi connectivity index (χ0v) is 14.5. The van der Waals surface area contributed by atoms with Crippen molar-refractivity contribution in [2.24, 2.45) is 0 Å². The molecule has 1 saturated carbocycles. The van der Waals surface area contributed by atoms with Crippen LogP contribution in [0.2, 0.25) is 0 Å². The van der Waals surface area contributed by atoms with Gasteiger partial charge in [-0.1, -0.05) is 26.2 Å². The molecule has 2 fully saturated rings. The van der Waals surface area contributed by atoms with Crippen molar-refractivity contribution in [2.45, 2.75) is 64.0 Å². The summed E-state index contributed by atoms with van der Waals surface area (Å²) in [5, 5.41) is 12.7. The van der Waals surface area contributed by atoms with E-state index in [1.807, 2.05) is 11.8 Å². The highest BCUT2D eigenvalue weighted by molar-refractivity contribution is 5.91. The van der Waals surface area contributed by atoms with Crippen LogP contribution in [0.4, 0.5) is 0 Å². The second kappa shape index (κ2) is 8.11. The van der Waals surface area contributed by atoms with E-state index in [1.165, 1.54) is 6.92 Å². The summed E-state index contributed by atoms with van der Waals surface area (Å²) >= 11 is 0. The normalized spacial score (nSPS) is 23.3. The van der Waals surface area contributed by atoms with Gasteiger partial charge in [0.2, 0.25) is 11.8 Å². The van der Waals surface area contributed by atoms with Crippen LogP contribution in [0, 0.1) is 0 Å². The SMILES string of the molecule is CC[C@@H](O)CN1CCN(C(=O)C2(NC(C)=O)CCCCC2)CC1. The third-order valence-corrected chi connectivity index (χ3v) is 5.13. The number of aliphatic hydroxyl groups excluding tert-OH is 1. The lowest BCUT2D eigenvalue weighted by molar-refractivity contribution is -0.144. The van der Waals surface area contributed by atoms with Crippen molar-refractivity contribution in [3.8, 4) is 0 Å². The van der Waals surface area contributed by atoms with Gasteiger partial charge in [0.1, 0.15) is 5.54 Å². The molecule has 1 heterocycles. The predicted molar refractivity (Wildman–Crippen MR) is 89.0 cm³/mol. The molecule has 0 radical (unpaired) electrons. The third kappa shape index (κ3) is 4.67. The zero-order valence-electron chi connectivity index (χ0n) is 14.5. The molecule has 1 saturated heterocycles. The van der Waals surface area contributed by atoms with E-state index in [9.17, 15) is 14.7 Å². The molecule has 1 atom stereocenters. The second-order valence-corrected chi connectivity index (χ2v) is 6.98. The van der Waals surface area contributed by atoms with Crippen LogP contribution in [0.25, 0.3) is 0 Å². The van der Waals surface area contributed by atoms with Crippen LogP contribution in [0.15, 0.2) is 0 Å². The van der Waals surface area contributed by atoms with E-state index >= 15 is 0 Å². The topological polar surface area (TPSA) is 72.9 Å². The first-order chi connectivity index (χ1) is 11.0. The number of hydrogen-bond acceptors (Lipinski definition) is 4. The average Bonchev–Trinajstić information content (AvgIpc) is 2.55. The van der Waals surface area contributed by atoms with E-state index in [0.717, 1.165) is 51.6 Å². The third-order valence-electron chi connectivity index (χ3n) is 5.13.